The molecule has 0 fully saturated rings. The summed E-state index contributed by atoms with van der Waals surface area (Å²) >= 11 is 1.21. The fourth-order valence-corrected chi connectivity index (χ4v) is 2.62. The Morgan fingerprint density at radius 3 is 2.22 bits per heavy atom. The fraction of sp³-hybridized carbons (Fsp3) is 0.250. The third-order valence-electron chi connectivity index (χ3n) is 2.95. The maximum absolute atomic E-state index is 12.0. The lowest BCUT2D eigenvalue weighted by atomic mass is 10.2. The molecule has 1 N–H and O–H groups in total. The van der Waals surface area contributed by atoms with Gasteiger partial charge < -0.3 is 5.11 Å². The van der Waals surface area contributed by atoms with Gasteiger partial charge in [0.15, 0.2) is 6.04 Å². The summed E-state index contributed by atoms with van der Waals surface area (Å²) in [6, 6.07) is 2.05. The standard InChI is InChI=1S/C12H11NO4S/c1-6-7(2)11(15)13(10(6)14)9(12(16)17)8-4-3-5-18-8/h3-5,9H,1-2H3,(H,16,17). The second kappa shape index (κ2) is 4.38. The molecule has 0 spiro atoms. The minimum Gasteiger partial charge on any atom is -0.479 e. The molecule has 0 saturated heterocycles. The maximum Gasteiger partial charge on any atom is 0.332 e. The van der Waals surface area contributed by atoms with Crippen molar-refractivity contribution >= 4 is 29.1 Å². The van der Waals surface area contributed by atoms with E-state index in [0.717, 1.165) is 4.90 Å². The average molecular weight is 265 g/mol. The normalized spacial score (nSPS) is 17.6. The molecule has 1 unspecified atom stereocenters. The molecule has 18 heavy (non-hydrogen) atoms. The van der Waals surface area contributed by atoms with Crippen LogP contribution in [0.5, 0.6) is 0 Å². The fourth-order valence-electron chi connectivity index (χ4n) is 1.82. The van der Waals surface area contributed by atoms with E-state index < -0.39 is 23.8 Å². The van der Waals surface area contributed by atoms with Crippen LogP contribution in [0.2, 0.25) is 0 Å². The number of rotatable bonds is 3. The minimum atomic E-state index is -1.24. The van der Waals surface area contributed by atoms with Crippen molar-refractivity contribution in [3.8, 4) is 0 Å². The smallest absolute Gasteiger partial charge is 0.332 e. The van der Waals surface area contributed by atoms with Gasteiger partial charge in [-0.25, -0.2) is 4.79 Å². The lowest BCUT2D eigenvalue weighted by Gasteiger charge is -2.22. The summed E-state index contributed by atoms with van der Waals surface area (Å²) in [5.74, 6) is -2.27. The average Bonchev–Trinajstić information content (AvgIpc) is 2.89. The number of thiophene rings is 1. The third kappa shape index (κ3) is 1.74. The monoisotopic (exact) mass is 265 g/mol. The van der Waals surface area contributed by atoms with Crippen LogP contribution in [0.15, 0.2) is 28.7 Å². The first-order valence-corrected chi connectivity index (χ1v) is 6.14. The predicted molar refractivity (Wildman–Crippen MR) is 64.9 cm³/mol. The number of carbonyl (C=O) groups excluding carboxylic acids is 2. The van der Waals surface area contributed by atoms with Gasteiger partial charge in [-0.2, -0.15) is 0 Å². The molecular weight excluding hydrogens is 254 g/mol. The molecule has 1 atom stereocenters. The molecule has 1 aliphatic rings. The zero-order valence-corrected chi connectivity index (χ0v) is 10.7. The number of aliphatic carboxylic acids is 1. The van der Waals surface area contributed by atoms with Crippen molar-refractivity contribution in [2.75, 3.05) is 0 Å². The van der Waals surface area contributed by atoms with Crippen molar-refractivity contribution in [3.05, 3.63) is 33.5 Å². The summed E-state index contributed by atoms with van der Waals surface area (Å²) in [5.41, 5.74) is 0.616. The first kappa shape index (κ1) is 12.5. The van der Waals surface area contributed by atoms with Gasteiger partial charge in [0.2, 0.25) is 0 Å². The Balaban J connectivity index is 2.45. The number of carboxylic acid groups (broad SMARTS) is 1. The predicted octanol–water partition coefficient (Wildman–Crippen LogP) is 1.58. The summed E-state index contributed by atoms with van der Waals surface area (Å²) in [6.07, 6.45) is 0. The van der Waals surface area contributed by atoms with Gasteiger partial charge in [0.05, 0.1) is 0 Å². The van der Waals surface area contributed by atoms with Crippen LogP contribution in [-0.4, -0.2) is 27.8 Å². The first-order valence-electron chi connectivity index (χ1n) is 5.26. The maximum atomic E-state index is 12.0. The molecule has 0 aromatic carbocycles. The topological polar surface area (TPSA) is 74.7 Å². The van der Waals surface area contributed by atoms with Crippen molar-refractivity contribution in [2.24, 2.45) is 0 Å². The van der Waals surface area contributed by atoms with Crippen LogP contribution < -0.4 is 0 Å². The van der Waals surface area contributed by atoms with Gasteiger partial charge in [0.1, 0.15) is 0 Å². The van der Waals surface area contributed by atoms with Crippen LogP contribution in [0.3, 0.4) is 0 Å². The van der Waals surface area contributed by atoms with Crippen LogP contribution in [0.4, 0.5) is 0 Å². The zero-order chi connectivity index (χ0) is 13.4. The molecule has 6 heteroatoms. The molecule has 2 heterocycles. The highest BCUT2D eigenvalue weighted by Gasteiger charge is 2.42. The summed E-state index contributed by atoms with van der Waals surface area (Å²) in [6.45, 7) is 3.06. The Hall–Kier alpha value is -1.95. The lowest BCUT2D eigenvalue weighted by Crippen LogP contribution is -2.39. The Bertz CT molecular complexity index is 535. The number of carboxylic acids is 1. The second-order valence-electron chi connectivity index (χ2n) is 3.99. The van der Waals surface area contributed by atoms with Crippen molar-refractivity contribution < 1.29 is 19.5 Å². The Morgan fingerprint density at radius 2 is 1.83 bits per heavy atom. The van der Waals surface area contributed by atoms with Gasteiger partial charge >= 0.3 is 5.97 Å². The highest BCUT2D eigenvalue weighted by atomic mass is 32.1. The highest BCUT2D eigenvalue weighted by Crippen LogP contribution is 2.32. The molecule has 0 aliphatic carbocycles. The number of nitrogens with zero attached hydrogens (tertiary/aromatic N) is 1. The summed E-state index contributed by atoms with van der Waals surface area (Å²) in [4.78, 5) is 36.5. The van der Waals surface area contributed by atoms with Crippen LogP contribution in [0, 0.1) is 0 Å². The van der Waals surface area contributed by atoms with Crippen molar-refractivity contribution in [1.29, 1.82) is 0 Å². The van der Waals surface area contributed by atoms with E-state index in [0.29, 0.717) is 16.0 Å². The van der Waals surface area contributed by atoms with Crippen LogP contribution in [-0.2, 0) is 14.4 Å². The zero-order valence-electron chi connectivity index (χ0n) is 9.84. The Kier molecular flexibility index (Phi) is 3.04. The molecule has 94 valence electrons. The van der Waals surface area contributed by atoms with Crippen molar-refractivity contribution in [1.82, 2.24) is 4.90 Å². The lowest BCUT2D eigenvalue weighted by molar-refractivity contribution is -0.153. The van der Waals surface area contributed by atoms with Crippen LogP contribution >= 0.6 is 11.3 Å². The van der Waals surface area contributed by atoms with Gasteiger partial charge in [0.25, 0.3) is 11.8 Å². The number of carbonyl (C=O) groups is 3. The molecule has 5 nitrogen and oxygen atoms in total. The van der Waals surface area contributed by atoms with Crippen molar-refractivity contribution in [2.45, 2.75) is 19.9 Å². The highest BCUT2D eigenvalue weighted by molar-refractivity contribution is 7.10. The number of imide groups is 1. The third-order valence-corrected chi connectivity index (χ3v) is 3.87. The SMILES string of the molecule is CC1=C(C)C(=O)N(C(C(=O)O)c2cccs2)C1=O. The quantitative estimate of drug-likeness (QED) is 0.842. The Morgan fingerprint density at radius 1 is 1.28 bits per heavy atom. The molecule has 0 saturated carbocycles. The van der Waals surface area contributed by atoms with Gasteiger partial charge in [-0.15, -0.1) is 11.3 Å². The van der Waals surface area contributed by atoms with Crippen LogP contribution in [0.1, 0.15) is 24.8 Å². The van der Waals surface area contributed by atoms with Crippen LogP contribution in [0.25, 0.3) is 0 Å². The molecule has 0 radical (unpaired) electrons. The molecular formula is C12H11NO4S. The van der Waals surface area contributed by atoms with E-state index in [1.165, 1.54) is 25.2 Å². The number of hydrogen-bond acceptors (Lipinski definition) is 4. The molecule has 1 aromatic heterocycles. The van der Waals surface area contributed by atoms with E-state index >= 15 is 0 Å². The summed E-state index contributed by atoms with van der Waals surface area (Å²) in [5, 5.41) is 11.0. The van der Waals surface area contributed by atoms with Gasteiger partial charge in [0, 0.05) is 16.0 Å². The molecule has 0 bridgehead atoms. The summed E-state index contributed by atoms with van der Waals surface area (Å²) in [7, 11) is 0. The molecule has 2 rings (SSSR count). The van der Waals surface area contributed by atoms with Gasteiger partial charge in [-0.05, 0) is 25.3 Å². The van der Waals surface area contributed by atoms with E-state index in [9.17, 15) is 19.5 Å². The summed E-state index contributed by atoms with van der Waals surface area (Å²) < 4.78 is 0. The van der Waals surface area contributed by atoms with E-state index in [1.807, 2.05) is 0 Å². The molecule has 1 aromatic rings. The first-order chi connectivity index (χ1) is 8.45. The van der Waals surface area contributed by atoms with E-state index in [2.05, 4.69) is 0 Å². The second-order valence-corrected chi connectivity index (χ2v) is 4.97. The number of amides is 2. The largest absolute Gasteiger partial charge is 0.479 e. The van der Waals surface area contributed by atoms with Crippen molar-refractivity contribution in [3.63, 3.8) is 0 Å². The van der Waals surface area contributed by atoms with E-state index in [-0.39, 0.29) is 0 Å². The van der Waals surface area contributed by atoms with E-state index in [1.54, 1.807) is 17.5 Å². The molecule has 1 aliphatic heterocycles. The minimum absolute atomic E-state index is 0.308. The van der Waals surface area contributed by atoms with Gasteiger partial charge in [-0.1, -0.05) is 6.07 Å². The number of hydrogen-bond donors (Lipinski definition) is 1. The van der Waals surface area contributed by atoms with E-state index in [4.69, 9.17) is 0 Å². The molecule has 2 amide bonds. The van der Waals surface area contributed by atoms with Gasteiger partial charge in [-0.3, -0.25) is 14.5 Å². The Labute approximate surface area is 107 Å².